The van der Waals surface area contributed by atoms with Gasteiger partial charge in [0.15, 0.2) is 6.61 Å². The van der Waals surface area contributed by atoms with Crippen molar-refractivity contribution in [2.24, 2.45) is 0 Å². The maximum absolute atomic E-state index is 12.8. The molecule has 0 N–H and O–H groups in total. The highest BCUT2D eigenvalue weighted by Gasteiger charge is 2.23. The van der Waals surface area contributed by atoms with Gasteiger partial charge in [-0.15, -0.1) is 0 Å². The molecule has 0 bridgehead atoms. The van der Waals surface area contributed by atoms with Crippen LogP contribution in [0.2, 0.25) is 0 Å². The number of rotatable bonds is 6. The van der Waals surface area contributed by atoms with Gasteiger partial charge in [0.25, 0.3) is 11.8 Å². The summed E-state index contributed by atoms with van der Waals surface area (Å²) < 4.78 is 11.2. The van der Waals surface area contributed by atoms with Crippen molar-refractivity contribution in [3.63, 3.8) is 0 Å². The zero-order chi connectivity index (χ0) is 21.5. The van der Waals surface area contributed by atoms with Crippen molar-refractivity contribution in [3.05, 3.63) is 59.2 Å². The zero-order valence-electron chi connectivity index (χ0n) is 18.0. The summed E-state index contributed by atoms with van der Waals surface area (Å²) in [7, 11) is 0. The minimum absolute atomic E-state index is 0.0107. The Morgan fingerprint density at radius 3 is 2.30 bits per heavy atom. The molecule has 0 aromatic heterocycles. The first-order valence-electron chi connectivity index (χ1n) is 10.5. The van der Waals surface area contributed by atoms with Gasteiger partial charge in [-0.1, -0.05) is 17.7 Å². The molecule has 1 fully saturated rings. The van der Waals surface area contributed by atoms with Gasteiger partial charge in [0.2, 0.25) is 0 Å². The van der Waals surface area contributed by atoms with E-state index in [0.717, 1.165) is 29.0 Å². The van der Waals surface area contributed by atoms with E-state index >= 15 is 0 Å². The Morgan fingerprint density at radius 1 is 0.900 bits per heavy atom. The zero-order valence-corrected chi connectivity index (χ0v) is 18.0. The summed E-state index contributed by atoms with van der Waals surface area (Å²) >= 11 is 0. The summed E-state index contributed by atoms with van der Waals surface area (Å²) in [6, 6.07) is 13.1. The molecule has 1 heterocycles. The number of carbonyl (C=O) groups is 2. The minimum Gasteiger partial charge on any atom is -0.494 e. The van der Waals surface area contributed by atoms with Gasteiger partial charge in [-0.2, -0.15) is 0 Å². The molecule has 0 aliphatic carbocycles. The molecule has 0 radical (unpaired) electrons. The second-order valence-electron chi connectivity index (χ2n) is 7.54. The van der Waals surface area contributed by atoms with Gasteiger partial charge in [0.05, 0.1) is 6.61 Å². The molecule has 3 rings (SSSR count). The lowest BCUT2D eigenvalue weighted by atomic mass is 10.1. The summed E-state index contributed by atoms with van der Waals surface area (Å²) in [4.78, 5) is 29.1. The quantitative estimate of drug-likeness (QED) is 0.732. The number of hydrogen-bond acceptors (Lipinski definition) is 4. The highest BCUT2D eigenvalue weighted by Crippen LogP contribution is 2.19. The van der Waals surface area contributed by atoms with Crippen LogP contribution in [0.3, 0.4) is 0 Å². The van der Waals surface area contributed by atoms with E-state index in [1.54, 1.807) is 17.0 Å². The van der Waals surface area contributed by atoms with Crippen LogP contribution in [0, 0.1) is 13.8 Å². The summed E-state index contributed by atoms with van der Waals surface area (Å²) in [6.45, 7) is 8.82. The van der Waals surface area contributed by atoms with Crippen LogP contribution in [-0.2, 0) is 4.79 Å². The van der Waals surface area contributed by atoms with E-state index in [1.807, 2.05) is 56.0 Å². The maximum Gasteiger partial charge on any atom is 0.260 e. The Balaban J connectivity index is 1.53. The van der Waals surface area contributed by atoms with Crippen LogP contribution in [0.1, 0.15) is 34.8 Å². The summed E-state index contributed by atoms with van der Waals surface area (Å²) in [5, 5.41) is 0. The minimum atomic E-state index is -0.0506. The average Bonchev–Trinajstić information content (AvgIpc) is 2.99. The molecule has 1 saturated heterocycles. The predicted molar refractivity (Wildman–Crippen MR) is 116 cm³/mol. The van der Waals surface area contributed by atoms with Crippen LogP contribution in [0.15, 0.2) is 42.5 Å². The number of hydrogen-bond donors (Lipinski definition) is 0. The Hall–Kier alpha value is -3.02. The molecule has 2 aromatic rings. The van der Waals surface area contributed by atoms with Gasteiger partial charge >= 0.3 is 0 Å². The molecule has 30 heavy (non-hydrogen) atoms. The molecule has 1 aliphatic rings. The Bertz CT molecular complexity index is 879. The van der Waals surface area contributed by atoms with Crippen LogP contribution in [0.5, 0.6) is 11.5 Å². The summed E-state index contributed by atoms with van der Waals surface area (Å²) in [5.74, 6) is 1.42. The third-order valence-corrected chi connectivity index (χ3v) is 5.23. The Labute approximate surface area is 178 Å². The lowest BCUT2D eigenvalue weighted by Gasteiger charge is -2.22. The SMILES string of the molecule is CCOc1ccc(C(=O)N2CCCN(C(=O)COc3ccc(C)cc3C)CC2)cc1. The van der Waals surface area contributed by atoms with Crippen molar-refractivity contribution in [1.29, 1.82) is 0 Å². The van der Waals surface area contributed by atoms with Crippen molar-refractivity contribution in [2.45, 2.75) is 27.2 Å². The fraction of sp³-hybridized carbons (Fsp3) is 0.417. The Kier molecular flexibility index (Phi) is 7.33. The average molecular weight is 411 g/mol. The molecule has 160 valence electrons. The molecular formula is C24H30N2O4. The second-order valence-corrected chi connectivity index (χ2v) is 7.54. The molecule has 6 nitrogen and oxygen atoms in total. The molecule has 0 saturated carbocycles. The van der Waals surface area contributed by atoms with E-state index < -0.39 is 0 Å². The topological polar surface area (TPSA) is 59.1 Å². The maximum atomic E-state index is 12.8. The third kappa shape index (κ3) is 5.53. The molecule has 2 aromatic carbocycles. The van der Waals surface area contributed by atoms with Gasteiger partial charge in [-0.25, -0.2) is 0 Å². The lowest BCUT2D eigenvalue weighted by Crippen LogP contribution is -2.39. The molecular weight excluding hydrogens is 380 g/mol. The van der Waals surface area contributed by atoms with Crippen molar-refractivity contribution < 1.29 is 19.1 Å². The van der Waals surface area contributed by atoms with Gasteiger partial charge in [0, 0.05) is 31.7 Å². The fourth-order valence-electron chi connectivity index (χ4n) is 3.60. The first-order valence-corrected chi connectivity index (χ1v) is 10.5. The van der Waals surface area contributed by atoms with E-state index in [9.17, 15) is 9.59 Å². The van der Waals surface area contributed by atoms with Crippen LogP contribution in [0.4, 0.5) is 0 Å². The van der Waals surface area contributed by atoms with Crippen molar-refractivity contribution in [3.8, 4) is 11.5 Å². The predicted octanol–water partition coefficient (Wildman–Crippen LogP) is 3.46. The normalized spacial score (nSPS) is 14.2. The molecule has 0 unspecified atom stereocenters. The molecule has 1 aliphatic heterocycles. The fourth-order valence-corrected chi connectivity index (χ4v) is 3.60. The molecule has 0 atom stereocenters. The molecule has 0 spiro atoms. The number of aryl methyl sites for hydroxylation is 2. The smallest absolute Gasteiger partial charge is 0.260 e. The number of amides is 2. The van der Waals surface area contributed by atoms with Gasteiger partial charge < -0.3 is 19.3 Å². The first-order chi connectivity index (χ1) is 14.5. The lowest BCUT2D eigenvalue weighted by molar-refractivity contribution is -0.133. The van der Waals surface area contributed by atoms with Crippen molar-refractivity contribution in [1.82, 2.24) is 9.80 Å². The number of carbonyl (C=O) groups excluding carboxylic acids is 2. The van der Waals surface area contributed by atoms with E-state index in [4.69, 9.17) is 9.47 Å². The van der Waals surface area contributed by atoms with E-state index in [2.05, 4.69) is 0 Å². The highest BCUT2D eigenvalue weighted by molar-refractivity contribution is 5.94. The second kappa shape index (κ2) is 10.1. The monoisotopic (exact) mass is 410 g/mol. The van der Waals surface area contributed by atoms with E-state index in [0.29, 0.717) is 38.3 Å². The molecule has 6 heteroatoms. The molecule has 2 amide bonds. The van der Waals surface area contributed by atoms with Crippen LogP contribution < -0.4 is 9.47 Å². The van der Waals surface area contributed by atoms with Crippen molar-refractivity contribution in [2.75, 3.05) is 39.4 Å². The van der Waals surface area contributed by atoms with Crippen LogP contribution in [-0.4, -0.2) is 61.0 Å². The highest BCUT2D eigenvalue weighted by atomic mass is 16.5. The standard InChI is InChI=1S/C24H30N2O4/c1-4-29-21-9-7-20(8-10-21)24(28)26-13-5-12-25(14-15-26)23(27)17-30-22-11-6-18(2)16-19(22)3/h6-11,16H,4-5,12-15,17H2,1-3H3. The van der Waals surface area contributed by atoms with Crippen LogP contribution in [0.25, 0.3) is 0 Å². The van der Waals surface area contributed by atoms with Crippen LogP contribution >= 0.6 is 0 Å². The third-order valence-electron chi connectivity index (χ3n) is 5.23. The number of nitrogens with zero attached hydrogens (tertiary/aromatic N) is 2. The number of benzene rings is 2. The number of ether oxygens (including phenoxy) is 2. The Morgan fingerprint density at radius 2 is 1.60 bits per heavy atom. The van der Waals surface area contributed by atoms with E-state index in [-0.39, 0.29) is 18.4 Å². The first kappa shape index (κ1) is 21.7. The summed E-state index contributed by atoms with van der Waals surface area (Å²) in [5.41, 5.74) is 2.82. The van der Waals surface area contributed by atoms with Crippen molar-refractivity contribution >= 4 is 11.8 Å². The van der Waals surface area contributed by atoms with Gasteiger partial charge in [-0.3, -0.25) is 9.59 Å². The van der Waals surface area contributed by atoms with Gasteiger partial charge in [0.1, 0.15) is 11.5 Å². The largest absolute Gasteiger partial charge is 0.494 e. The summed E-state index contributed by atoms with van der Waals surface area (Å²) in [6.07, 6.45) is 0.748. The van der Waals surface area contributed by atoms with Gasteiger partial charge in [-0.05, 0) is 63.1 Å². The van der Waals surface area contributed by atoms with E-state index in [1.165, 1.54) is 0 Å².